The third-order valence-electron chi connectivity index (χ3n) is 6.05. The number of para-hydroxylation sites is 1. The normalized spacial score (nSPS) is 16.4. The number of amides is 1. The molecule has 0 aliphatic carbocycles. The average Bonchev–Trinajstić information content (AvgIpc) is 3.27. The summed E-state index contributed by atoms with van der Waals surface area (Å²) < 4.78 is 32.1. The first-order valence-corrected chi connectivity index (χ1v) is 13.3. The van der Waals surface area contributed by atoms with Gasteiger partial charge in [-0.15, -0.1) is 0 Å². The number of ether oxygens (including phenoxy) is 2. The van der Waals surface area contributed by atoms with E-state index in [2.05, 4.69) is 20.6 Å². The molecule has 4 aromatic rings. The SMILES string of the molecule is COc1c(F)cccc1Nc1c2[nH]c3c1C(=O)NC[C@@H]3[I-]Oc1ccc(cc1)COc1cnccc1-2. The molecule has 184 valence electrons. The predicted octanol–water partition coefficient (Wildman–Crippen LogP) is 1.73. The molecule has 0 spiro atoms. The second-order valence-electron chi connectivity index (χ2n) is 8.26. The summed E-state index contributed by atoms with van der Waals surface area (Å²) in [7, 11) is 1.41. The van der Waals surface area contributed by atoms with Crippen LogP contribution in [0.25, 0.3) is 11.3 Å². The van der Waals surface area contributed by atoms with E-state index in [1.807, 2.05) is 30.3 Å². The first-order chi connectivity index (χ1) is 17.6. The van der Waals surface area contributed by atoms with Crippen molar-refractivity contribution in [3.05, 3.63) is 83.6 Å². The van der Waals surface area contributed by atoms with Crippen LogP contribution in [0.4, 0.5) is 15.8 Å². The Morgan fingerprint density at radius 1 is 1.19 bits per heavy atom. The zero-order valence-corrected chi connectivity index (χ0v) is 21.3. The molecule has 0 saturated carbocycles. The van der Waals surface area contributed by atoms with Crippen molar-refractivity contribution < 1.29 is 43.3 Å². The number of nitrogens with one attached hydrogen (secondary N) is 3. The van der Waals surface area contributed by atoms with E-state index in [-0.39, 0.29) is 15.6 Å². The number of aromatic nitrogens is 2. The summed E-state index contributed by atoms with van der Waals surface area (Å²) in [5, 5.41) is 6.27. The molecule has 3 N–H and O–H groups in total. The van der Waals surface area contributed by atoms with E-state index in [1.54, 1.807) is 24.5 Å². The zero-order valence-electron chi connectivity index (χ0n) is 19.1. The van der Waals surface area contributed by atoms with Gasteiger partial charge in [-0.2, -0.15) is 0 Å². The van der Waals surface area contributed by atoms with E-state index in [4.69, 9.17) is 12.5 Å². The quantitative estimate of drug-likeness (QED) is 0.245. The molecule has 0 radical (unpaired) electrons. The number of fused-ring (bicyclic) bond motifs is 4. The van der Waals surface area contributed by atoms with Gasteiger partial charge < -0.3 is 0 Å². The summed E-state index contributed by atoms with van der Waals surface area (Å²) in [6.45, 7) is 0.789. The standard InChI is InChI=1S/C26H21FIN4O4/c1-34-25-17(27)3-2-4-19(25)31-24-21-23-18(11-30-26(21)33)28-36-15-7-5-14(6-8-15)13-35-20-12-29-10-9-16(20)22(24)32-23/h2-10,12,18,31-32H,11,13H2,1H3,(H,30,33)/q-1/t18-/m0/s1. The van der Waals surface area contributed by atoms with Crippen LogP contribution < -0.4 is 44.8 Å². The molecule has 0 saturated heterocycles. The Hall–Kier alpha value is -3.80. The van der Waals surface area contributed by atoms with E-state index in [9.17, 15) is 9.18 Å². The fourth-order valence-electron chi connectivity index (χ4n) is 4.32. The van der Waals surface area contributed by atoms with Gasteiger partial charge in [0.2, 0.25) is 0 Å². The van der Waals surface area contributed by atoms with Crippen LogP contribution in [0.15, 0.2) is 60.9 Å². The first kappa shape index (κ1) is 22.7. The second kappa shape index (κ2) is 9.34. The van der Waals surface area contributed by atoms with Gasteiger partial charge in [0.05, 0.1) is 0 Å². The Balaban J connectivity index is 1.56. The number of nitrogens with zero attached hydrogens (tertiary/aromatic N) is 1. The van der Waals surface area contributed by atoms with Crippen molar-refractivity contribution >= 4 is 17.3 Å². The van der Waals surface area contributed by atoms with Gasteiger partial charge in [-0.3, -0.25) is 0 Å². The number of aromatic amines is 1. The Labute approximate surface area is 217 Å². The van der Waals surface area contributed by atoms with E-state index in [0.717, 1.165) is 22.6 Å². The van der Waals surface area contributed by atoms with Crippen LogP contribution in [0, 0.1) is 5.82 Å². The Morgan fingerprint density at radius 2 is 2.06 bits per heavy atom. The van der Waals surface area contributed by atoms with Crippen LogP contribution in [0.2, 0.25) is 0 Å². The molecule has 3 aliphatic rings. The maximum atomic E-state index is 14.5. The molecule has 10 heteroatoms. The number of hydrogen-bond acceptors (Lipinski definition) is 6. The first-order valence-electron chi connectivity index (χ1n) is 11.2. The molecule has 36 heavy (non-hydrogen) atoms. The monoisotopic (exact) mass is 599 g/mol. The van der Waals surface area contributed by atoms with E-state index < -0.39 is 27.4 Å². The molecule has 1 amide bonds. The molecule has 5 heterocycles. The summed E-state index contributed by atoms with van der Waals surface area (Å²) >= 11 is -0.830. The molecular weight excluding hydrogens is 578 g/mol. The molecule has 0 fully saturated rings. The van der Waals surface area contributed by atoms with E-state index in [1.165, 1.54) is 13.2 Å². The van der Waals surface area contributed by atoms with Gasteiger partial charge in [-0.25, -0.2) is 0 Å². The summed E-state index contributed by atoms with van der Waals surface area (Å²) in [4.78, 5) is 20.9. The number of anilines is 2. The van der Waals surface area contributed by atoms with E-state index >= 15 is 0 Å². The number of alkyl halides is 1. The van der Waals surface area contributed by atoms with Crippen molar-refractivity contribution in [1.82, 2.24) is 15.3 Å². The zero-order chi connectivity index (χ0) is 24.6. The second-order valence-corrected chi connectivity index (χ2v) is 10.7. The van der Waals surface area contributed by atoms with Crippen molar-refractivity contribution in [3.63, 3.8) is 0 Å². The Morgan fingerprint density at radius 3 is 2.89 bits per heavy atom. The van der Waals surface area contributed by atoms with Gasteiger partial charge in [0.1, 0.15) is 0 Å². The number of rotatable bonds is 3. The summed E-state index contributed by atoms with van der Waals surface area (Å²) in [5.41, 5.74) is 4.48. The van der Waals surface area contributed by atoms with Crippen molar-refractivity contribution in [2.75, 3.05) is 19.0 Å². The molecule has 8 nitrogen and oxygen atoms in total. The van der Waals surface area contributed by atoms with Crippen LogP contribution in [0.5, 0.6) is 17.2 Å². The molecule has 0 unspecified atom stereocenters. The number of H-pyrrole nitrogens is 1. The summed E-state index contributed by atoms with van der Waals surface area (Å²) in [6, 6.07) is 14.3. The van der Waals surface area contributed by atoms with Gasteiger partial charge in [0.25, 0.3) is 0 Å². The summed E-state index contributed by atoms with van der Waals surface area (Å²) in [5.74, 6) is 0.648. The third-order valence-corrected chi connectivity index (χ3v) is 8.49. The molecule has 2 aromatic carbocycles. The molecular formula is C26H21FIN4O4-. The third kappa shape index (κ3) is 4.00. The molecule has 4 bridgehead atoms. The minimum absolute atomic E-state index is 0.0333. The van der Waals surface area contributed by atoms with E-state index in [0.29, 0.717) is 41.5 Å². The predicted molar refractivity (Wildman–Crippen MR) is 127 cm³/mol. The van der Waals surface area contributed by atoms with Gasteiger partial charge in [0.15, 0.2) is 0 Å². The van der Waals surface area contributed by atoms with Crippen LogP contribution in [-0.2, 0) is 6.61 Å². The number of methoxy groups -OCH3 is 1. The summed E-state index contributed by atoms with van der Waals surface area (Å²) in [6.07, 6.45) is 3.32. The van der Waals surface area contributed by atoms with Crippen molar-refractivity contribution in [1.29, 1.82) is 0 Å². The maximum absolute atomic E-state index is 14.5. The van der Waals surface area contributed by atoms with Gasteiger partial charge in [-0.05, 0) is 0 Å². The fourth-order valence-corrected chi connectivity index (χ4v) is 6.34. The van der Waals surface area contributed by atoms with Crippen LogP contribution in [0.1, 0.15) is 25.5 Å². The number of carbonyl (C=O) groups is 1. The van der Waals surface area contributed by atoms with Crippen LogP contribution in [0.3, 0.4) is 0 Å². The topological polar surface area (TPSA) is 97.5 Å². The number of benzene rings is 2. The Bertz CT molecular complexity index is 1460. The van der Waals surface area contributed by atoms with Crippen molar-refractivity contribution in [3.8, 4) is 28.5 Å². The molecule has 2 aromatic heterocycles. The van der Waals surface area contributed by atoms with Crippen LogP contribution >= 0.6 is 0 Å². The Kier molecular flexibility index (Phi) is 5.88. The molecule has 7 rings (SSSR count). The van der Waals surface area contributed by atoms with Crippen molar-refractivity contribution in [2.45, 2.75) is 10.5 Å². The number of pyridine rings is 1. The number of halogens is 2. The fraction of sp³-hybridized carbons (Fsp3) is 0.154. The van der Waals surface area contributed by atoms with Gasteiger partial charge in [0, 0.05) is 0 Å². The molecule has 1 atom stereocenters. The minimum atomic E-state index is -0.830. The van der Waals surface area contributed by atoms with Gasteiger partial charge in [-0.1, -0.05) is 0 Å². The van der Waals surface area contributed by atoms with Crippen LogP contribution in [-0.4, -0.2) is 29.5 Å². The average molecular weight is 599 g/mol. The molecule has 3 aliphatic heterocycles. The number of carbonyl (C=O) groups excluding carboxylic acids is 1. The number of hydrogen-bond donors (Lipinski definition) is 3. The van der Waals surface area contributed by atoms with Gasteiger partial charge >= 0.3 is 217 Å². The van der Waals surface area contributed by atoms with Crippen molar-refractivity contribution in [2.24, 2.45) is 0 Å².